The van der Waals surface area contributed by atoms with E-state index in [0.717, 1.165) is 33.7 Å². The fourth-order valence-corrected chi connectivity index (χ4v) is 4.92. The van der Waals surface area contributed by atoms with Crippen LogP contribution in [0.2, 0.25) is 0 Å². The molecule has 0 aliphatic carbocycles. The summed E-state index contributed by atoms with van der Waals surface area (Å²) in [7, 11) is 0. The van der Waals surface area contributed by atoms with Gasteiger partial charge >= 0.3 is 0 Å². The molecule has 6 heteroatoms. The van der Waals surface area contributed by atoms with Crippen LogP contribution in [0.1, 0.15) is 36.8 Å². The smallest absolute Gasteiger partial charge is 0.263 e. The van der Waals surface area contributed by atoms with Gasteiger partial charge in [-0.15, -0.1) is 11.3 Å². The Balaban J connectivity index is 1.72. The average Bonchev–Trinajstić information content (AvgIpc) is 3.20. The van der Waals surface area contributed by atoms with Crippen molar-refractivity contribution in [2.24, 2.45) is 0 Å². The highest BCUT2D eigenvalue weighted by atomic mass is 32.1. The third-order valence-electron chi connectivity index (χ3n) is 5.59. The topological polar surface area (TPSA) is 64.0 Å². The lowest BCUT2D eigenvalue weighted by Gasteiger charge is -2.19. The molecule has 0 aliphatic rings. The lowest BCUT2D eigenvalue weighted by molar-refractivity contribution is -0.118. The number of thiophene rings is 1. The number of hydrogen-bond acceptors (Lipinski definition) is 4. The van der Waals surface area contributed by atoms with Crippen molar-refractivity contribution < 1.29 is 4.79 Å². The van der Waals surface area contributed by atoms with Crippen molar-refractivity contribution in [3.8, 4) is 10.4 Å². The van der Waals surface area contributed by atoms with Gasteiger partial charge in [-0.3, -0.25) is 14.2 Å². The van der Waals surface area contributed by atoms with Crippen molar-refractivity contribution in [3.05, 3.63) is 81.9 Å². The summed E-state index contributed by atoms with van der Waals surface area (Å²) in [6.07, 6.45) is 0.815. The summed E-state index contributed by atoms with van der Waals surface area (Å²) < 4.78 is 1.49. The van der Waals surface area contributed by atoms with Crippen molar-refractivity contribution in [1.29, 1.82) is 0 Å². The van der Waals surface area contributed by atoms with Crippen LogP contribution < -0.4 is 10.9 Å². The molecule has 1 unspecified atom stereocenters. The first kappa shape index (κ1) is 21.0. The Morgan fingerprint density at radius 2 is 1.87 bits per heavy atom. The monoisotopic (exact) mass is 431 g/mol. The zero-order chi connectivity index (χ0) is 22.1. The van der Waals surface area contributed by atoms with E-state index in [0.29, 0.717) is 16.0 Å². The molecule has 0 bridgehead atoms. The second-order valence-corrected chi connectivity index (χ2v) is 8.69. The minimum Gasteiger partial charge on any atom is -0.324 e. The van der Waals surface area contributed by atoms with E-state index in [2.05, 4.69) is 17.2 Å². The first-order valence-corrected chi connectivity index (χ1v) is 11.2. The number of amides is 1. The number of nitrogens with one attached hydrogen (secondary N) is 1. The summed E-state index contributed by atoms with van der Waals surface area (Å²) in [6, 6.07) is 17.1. The van der Waals surface area contributed by atoms with Gasteiger partial charge in [-0.2, -0.15) is 0 Å². The fraction of sp³-hybridized carbons (Fsp3) is 0.240. The number of benzene rings is 2. The van der Waals surface area contributed by atoms with Crippen LogP contribution >= 0.6 is 11.3 Å². The molecule has 0 fully saturated rings. The highest BCUT2D eigenvalue weighted by Crippen LogP contribution is 2.31. The molecule has 2 heterocycles. The summed E-state index contributed by atoms with van der Waals surface area (Å²) in [5, 5.41) is 3.58. The molecule has 1 N–H and O–H groups in total. The van der Waals surface area contributed by atoms with Crippen LogP contribution in [-0.4, -0.2) is 15.5 Å². The van der Waals surface area contributed by atoms with Gasteiger partial charge in [-0.05, 0) is 49.9 Å². The van der Waals surface area contributed by atoms with Gasteiger partial charge in [0.05, 0.1) is 5.39 Å². The summed E-state index contributed by atoms with van der Waals surface area (Å²) in [5.41, 5.74) is 3.76. The maximum absolute atomic E-state index is 13.3. The van der Waals surface area contributed by atoms with Gasteiger partial charge in [0, 0.05) is 10.6 Å². The first-order chi connectivity index (χ1) is 14.9. The van der Waals surface area contributed by atoms with E-state index >= 15 is 0 Å². The highest BCUT2D eigenvalue weighted by Gasteiger charge is 2.22. The summed E-state index contributed by atoms with van der Waals surface area (Å²) in [6.45, 7) is 7.55. The zero-order valence-corrected chi connectivity index (χ0v) is 18.9. The molecule has 0 radical (unpaired) electrons. The standard InChI is InChI=1S/C25H25N3O2S/c1-5-18-13-9-10-15(2)22(18)27-23(29)16(3)28-17(4)26-24-20(25(28)30)14-21(31-24)19-11-7-6-8-12-19/h6-14,16H,5H2,1-4H3,(H,27,29). The van der Waals surface area contributed by atoms with Crippen molar-refractivity contribution in [2.75, 3.05) is 5.32 Å². The maximum atomic E-state index is 13.3. The molecule has 1 amide bonds. The number of aromatic nitrogens is 2. The van der Waals surface area contributed by atoms with Crippen LogP contribution in [0.3, 0.4) is 0 Å². The molecular weight excluding hydrogens is 406 g/mol. The van der Waals surface area contributed by atoms with E-state index in [1.165, 1.54) is 15.9 Å². The molecule has 1 atom stereocenters. The normalized spacial score (nSPS) is 12.1. The molecule has 0 saturated heterocycles. The number of para-hydroxylation sites is 1. The molecule has 31 heavy (non-hydrogen) atoms. The highest BCUT2D eigenvalue weighted by molar-refractivity contribution is 7.21. The summed E-state index contributed by atoms with van der Waals surface area (Å²) >= 11 is 1.49. The van der Waals surface area contributed by atoms with Crippen LogP contribution in [0, 0.1) is 13.8 Å². The predicted molar refractivity (Wildman–Crippen MR) is 128 cm³/mol. The van der Waals surface area contributed by atoms with Gasteiger partial charge in [-0.1, -0.05) is 55.5 Å². The Morgan fingerprint density at radius 1 is 1.13 bits per heavy atom. The van der Waals surface area contributed by atoms with Crippen LogP contribution in [-0.2, 0) is 11.2 Å². The molecule has 0 spiro atoms. The van der Waals surface area contributed by atoms with Crippen LogP contribution in [0.15, 0.2) is 59.4 Å². The lowest BCUT2D eigenvalue weighted by Crippen LogP contribution is -2.33. The largest absolute Gasteiger partial charge is 0.324 e. The third-order valence-corrected chi connectivity index (χ3v) is 6.66. The first-order valence-electron chi connectivity index (χ1n) is 10.4. The molecule has 4 aromatic rings. The number of aryl methyl sites for hydroxylation is 3. The Bertz CT molecular complexity index is 1320. The van der Waals surface area contributed by atoms with Gasteiger partial charge in [0.15, 0.2) is 0 Å². The van der Waals surface area contributed by atoms with E-state index in [4.69, 9.17) is 0 Å². The fourth-order valence-electron chi connectivity index (χ4n) is 3.84. The van der Waals surface area contributed by atoms with Gasteiger partial charge < -0.3 is 5.32 Å². The Labute approximate surface area is 185 Å². The number of rotatable bonds is 5. The van der Waals surface area contributed by atoms with Gasteiger partial charge in [-0.25, -0.2) is 4.98 Å². The van der Waals surface area contributed by atoms with E-state index in [9.17, 15) is 9.59 Å². The van der Waals surface area contributed by atoms with E-state index in [1.807, 2.05) is 61.5 Å². The minimum atomic E-state index is -0.686. The third kappa shape index (κ3) is 3.91. The van der Waals surface area contributed by atoms with Gasteiger partial charge in [0.1, 0.15) is 16.7 Å². The second-order valence-electron chi connectivity index (χ2n) is 7.66. The Kier molecular flexibility index (Phi) is 5.74. The maximum Gasteiger partial charge on any atom is 0.263 e. The van der Waals surface area contributed by atoms with Crippen LogP contribution in [0.25, 0.3) is 20.7 Å². The number of hydrogen-bond donors (Lipinski definition) is 1. The quantitative estimate of drug-likeness (QED) is 0.453. The number of carbonyl (C=O) groups excluding carboxylic acids is 1. The van der Waals surface area contributed by atoms with Crippen molar-refractivity contribution in [1.82, 2.24) is 9.55 Å². The molecule has 5 nitrogen and oxygen atoms in total. The zero-order valence-electron chi connectivity index (χ0n) is 18.1. The number of nitrogens with zero attached hydrogens (tertiary/aromatic N) is 2. The van der Waals surface area contributed by atoms with E-state index in [1.54, 1.807) is 13.8 Å². The van der Waals surface area contributed by atoms with Gasteiger partial charge in [0.2, 0.25) is 5.91 Å². The second kappa shape index (κ2) is 8.47. The molecule has 2 aromatic carbocycles. The van der Waals surface area contributed by atoms with Crippen LogP contribution in [0.5, 0.6) is 0 Å². The van der Waals surface area contributed by atoms with Crippen molar-refractivity contribution >= 4 is 33.1 Å². The Hall–Kier alpha value is -3.25. The SMILES string of the molecule is CCc1cccc(C)c1NC(=O)C(C)n1c(C)nc2sc(-c3ccccc3)cc2c1=O. The van der Waals surface area contributed by atoms with E-state index < -0.39 is 6.04 Å². The van der Waals surface area contributed by atoms with Gasteiger partial charge in [0.25, 0.3) is 5.56 Å². The lowest BCUT2D eigenvalue weighted by atomic mass is 10.1. The predicted octanol–water partition coefficient (Wildman–Crippen LogP) is 5.50. The molecular formula is C25H25N3O2S. The number of anilines is 1. The Morgan fingerprint density at radius 3 is 2.58 bits per heavy atom. The molecule has 4 rings (SSSR count). The molecule has 0 aliphatic heterocycles. The minimum absolute atomic E-state index is 0.191. The summed E-state index contributed by atoms with van der Waals surface area (Å²) in [4.78, 5) is 32.8. The van der Waals surface area contributed by atoms with Crippen molar-refractivity contribution in [3.63, 3.8) is 0 Å². The van der Waals surface area contributed by atoms with E-state index in [-0.39, 0.29) is 11.5 Å². The average molecular weight is 432 g/mol. The molecule has 2 aromatic heterocycles. The number of carbonyl (C=O) groups is 1. The molecule has 158 valence electrons. The van der Waals surface area contributed by atoms with Crippen LogP contribution in [0.4, 0.5) is 5.69 Å². The summed E-state index contributed by atoms with van der Waals surface area (Å²) in [5.74, 6) is 0.302. The molecule has 0 saturated carbocycles. The number of fused-ring (bicyclic) bond motifs is 1. The van der Waals surface area contributed by atoms with Crippen molar-refractivity contribution in [2.45, 2.75) is 40.2 Å².